The zero-order valence-corrected chi connectivity index (χ0v) is 14.7. The lowest BCUT2D eigenvalue weighted by Crippen LogP contribution is -2.14. The van der Waals surface area contributed by atoms with Gasteiger partial charge in [-0.3, -0.25) is 4.79 Å². The molecular weight excluding hydrogens is 320 g/mol. The van der Waals surface area contributed by atoms with E-state index in [4.69, 9.17) is 0 Å². The van der Waals surface area contributed by atoms with Crippen LogP contribution in [0.5, 0.6) is 5.75 Å². The third kappa shape index (κ3) is 1.84. The molecule has 1 aliphatic carbocycles. The van der Waals surface area contributed by atoms with Gasteiger partial charge in [0.05, 0.1) is 0 Å². The number of benzene rings is 3. The molecule has 5 rings (SSSR count). The predicted octanol–water partition coefficient (Wildman–Crippen LogP) is 5.37. The number of aromatic hydroxyl groups is 1. The predicted molar refractivity (Wildman–Crippen MR) is 107 cm³/mol. The van der Waals surface area contributed by atoms with Crippen molar-refractivity contribution in [2.24, 2.45) is 0 Å². The Labute approximate surface area is 151 Å². The summed E-state index contributed by atoms with van der Waals surface area (Å²) in [6.07, 6.45) is 0. The van der Waals surface area contributed by atoms with E-state index in [-0.39, 0.29) is 16.6 Å². The zero-order chi connectivity index (χ0) is 18.1. The normalized spacial score (nSPS) is 14.4. The largest absolute Gasteiger partial charge is 0.507 e. The minimum Gasteiger partial charge on any atom is -0.507 e. The van der Waals surface area contributed by atoms with Crippen LogP contribution in [0.3, 0.4) is 0 Å². The van der Waals surface area contributed by atoms with Crippen LogP contribution in [0.1, 0.15) is 25.0 Å². The summed E-state index contributed by atoms with van der Waals surface area (Å²) in [4.78, 5) is 12.9. The first-order valence-electron chi connectivity index (χ1n) is 8.81. The van der Waals surface area contributed by atoms with Crippen molar-refractivity contribution >= 4 is 21.5 Å². The molecule has 0 heterocycles. The second kappa shape index (κ2) is 4.95. The fraction of sp³-hybridized carbons (Fsp3) is 0.125. The van der Waals surface area contributed by atoms with Crippen molar-refractivity contribution in [2.45, 2.75) is 19.3 Å². The highest BCUT2D eigenvalue weighted by molar-refractivity contribution is 6.03. The molecule has 0 fully saturated rings. The van der Waals surface area contributed by atoms with E-state index in [1.807, 2.05) is 42.5 Å². The van der Waals surface area contributed by atoms with Crippen LogP contribution >= 0.6 is 0 Å². The molecule has 2 heteroatoms. The molecule has 1 N–H and O–H groups in total. The van der Waals surface area contributed by atoms with Crippen LogP contribution in [-0.2, 0) is 5.41 Å². The Kier molecular flexibility index (Phi) is 2.88. The van der Waals surface area contributed by atoms with E-state index in [0.29, 0.717) is 16.2 Å². The highest BCUT2D eigenvalue weighted by Crippen LogP contribution is 2.50. The lowest BCUT2D eigenvalue weighted by atomic mass is 9.82. The number of fused-ring (bicyclic) bond motifs is 5. The number of rotatable bonds is 0. The smallest absolute Gasteiger partial charge is 0.187 e. The molecule has 0 unspecified atom stereocenters. The van der Waals surface area contributed by atoms with Gasteiger partial charge in [0.2, 0.25) is 0 Å². The van der Waals surface area contributed by atoms with Gasteiger partial charge in [0.1, 0.15) is 5.75 Å². The highest BCUT2D eigenvalue weighted by atomic mass is 16.3. The molecule has 0 atom stereocenters. The van der Waals surface area contributed by atoms with E-state index in [2.05, 4.69) is 32.0 Å². The monoisotopic (exact) mass is 338 g/mol. The van der Waals surface area contributed by atoms with Crippen LogP contribution < -0.4 is 5.43 Å². The first-order chi connectivity index (χ1) is 12.5. The van der Waals surface area contributed by atoms with Crippen LogP contribution in [0.4, 0.5) is 0 Å². The van der Waals surface area contributed by atoms with Crippen LogP contribution in [-0.4, -0.2) is 5.11 Å². The lowest BCUT2D eigenvalue weighted by molar-refractivity contribution is 0.488. The lowest BCUT2D eigenvalue weighted by Gasteiger charge is -2.21. The summed E-state index contributed by atoms with van der Waals surface area (Å²) in [6, 6.07) is 21.4. The number of hydrogen-bond acceptors (Lipinski definition) is 2. The second-order valence-corrected chi connectivity index (χ2v) is 7.56. The molecule has 0 amide bonds. The van der Waals surface area contributed by atoms with Crippen molar-refractivity contribution in [1.82, 2.24) is 0 Å². The molecule has 4 aromatic rings. The maximum atomic E-state index is 12.9. The SMILES string of the molecule is CC1(C)c2ccccc2-c2cc3c(=O)cc4ccccc4c(O)c3cc21. The summed E-state index contributed by atoms with van der Waals surface area (Å²) in [6.45, 7) is 4.39. The molecule has 0 bridgehead atoms. The van der Waals surface area contributed by atoms with Crippen molar-refractivity contribution in [3.8, 4) is 16.9 Å². The summed E-state index contributed by atoms with van der Waals surface area (Å²) < 4.78 is 0. The van der Waals surface area contributed by atoms with E-state index in [1.165, 1.54) is 11.1 Å². The Hall–Kier alpha value is -3.13. The van der Waals surface area contributed by atoms with Crippen LogP contribution in [0, 0.1) is 0 Å². The molecule has 2 nitrogen and oxygen atoms in total. The van der Waals surface area contributed by atoms with Gasteiger partial charge >= 0.3 is 0 Å². The highest BCUT2D eigenvalue weighted by Gasteiger charge is 2.35. The van der Waals surface area contributed by atoms with E-state index < -0.39 is 0 Å². The minimum atomic E-state index is -0.167. The summed E-state index contributed by atoms with van der Waals surface area (Å²) >= 11 is 0. The summed E-state index contributed by atoms with van der Waals surface area (Å²) in [5.74, 6) is 0.173. The topological polar surface area (TPSA) is 37.3 Å². The average Bonchev–Trinajstić information content (AvgIpc) is 2.81. The van der Waals surface area contributed by atoms with E-state index in [1.54, 1.807) is 6.07 Å². The Morgan fingerprint density at radius 2 is 1.46 bits per heavy atom. The molecule has 4 aromatic carbocycles. The maximum Gasteiger partial charge on any atom is 0.187 e. The third-order valence-corrected chi connectivity index (χ3v) is 5.74. The van der Waals surface area contributed by atoms with Crippen molar-refractivity contribution in [1.29, 1.82) is 0 Å². The van der Waals surface area contributed by atoms with Gasteiger partial charge in [-0.1, -0.05) is 62.4 Å². The van der Waals surface area contributed by atoms with Crippen molar-refractivity contribution in [3.63, 3.8) is 0 Å². The van der Waals surface area contributed by atoms with Crippen LogP contribution in [0.2, 0.25) is 0 Å². The molecule has 0 saturated heterocycles. The minimum absolute atomic E-state index is 0.0681. The van der Waals surface area contributed by atoms with Crippen LogP contribution in [0.15, 0.2) is 71.5 Å². The second-order valence-electron chi connectivity index (χ2n) is 7.56. The van der Waals surface area contributed by atoms with Gasteiger partial charge in [-0.2, -0.15) is 0 Å². The Bertz CT molecular complexity index is 1280. The average molecular weight is 338 g/mol. The van der Waals surface area contributed by atoms with Crippen molar-refractivity contribution in [2.75, 3.05) is 0 Å². The summed E-state index contributed by atoms with van der Waals surface area (Å²) in [5, 5.41) is 13.6. The van der Waals surface area contributed by atoms with Gasteiger partial charge in [-0.05, 0) is 45.8 Å². The molecule has 0 spiro atoms. The molecule has 26 heavy (non-hydrogen) atoms. The summed E-state index contributed by atoms with van der Waals surface area (Å²) in [7, 11) is 0. The van der Waals surface area contributed by atoms with Gasteiger partial charge in [0, 0.05) is 21.6 Å². The Morgan fingerprint density at radius 3 is 2.31 bits per heavy atom. The zero-order valence-electron chi connectivity index (χ0n) is 14.7. The molecule has 0 aliphatic heterocycles. The van der Waals surface area contributed by atoms with E-state index >= 15 is 0 Å². The maximum absolute atomic E-state index is 12.9. The fourth-order valence-corrected chi connectivity index (χ4v) is 4.35. The molecular formula is C24H18O2. The van der Waals surface area contributed by atoms with Crippen molar-refractivity contribution in [3.05, 3.63) is 88.1 Å². The van der Waals surface area contributed by atoms with E-state index in [9.17, 15) is 9.90 Å². The fourth-order valence-electron chi connectivity index (χ4n) is 4.35. The molecule has 0 saturated carbocycles. The van der Waals surface area contributed by atoms with Gasteiger partial charge in [0.25, 0.3) is 0 Å². The standard InChI is InChI=1S/C24H18O2/c1-24(2)20-10-6-5-9-16(20)17-12-18-19(13-21(17)24)23(26)15-8-4-3-7-14(15)11-22(18)25/h3-13,26H,1-2H3. The van der Waals surface area contributed by atoms with Crippen molar-refractivity contribution < 1.29 is 5.11 Å². The quantitative estimate of drug-likeness (QED) is 0.468. The molecule has 1 aliphatic rings. The first-order valence-corrected chi connectivity index (χ1v) is 8.81. The third-order valence-electron chi connectivity index (χ3n) is 5.74. The van der Waals surface area contributed by atoms with Gasteiger partial charge < -0.3 is 5.11 Å². The van der Waals surface area contributed by atoms with Gasteiger partial charge in [-0.25, -0.2) is 0 Å². The molecule has 126 valence electrons. The molecule has 0 radical (unpaired) electrons. The summed E-state index contributed by atoms with van der Waals surface area (Å²) in [5.41, 5.74) is 4.43. The Balaban J connectivity index is 2.01. The van der Waals surface area contributed by atoms with Crippen LogP contribution in [0.25, 0.3) is 32.7 Å². The first kappa shape index (κ1) is 15.2. The number of hydrogen-bond donors (Lipinski definition) is 1. The van der Waals surface area contributed by atoms with E-state index in [0.717, 1.165) is 16.5 Å². The molecule has 0 aromatic heterocycles. The Morgan fingerprint density at radius 1 is 0.731 bits per heavy atom. The van der Waals surface area contributed by atoms with Gasteiger partial charge in [0.15, 0.2) is 5.43 Å². The van der Waals surface area contributed by atoms with Gasteiger partial charge in [-0.15, -0.1) is 0 Å².